The Morgan fingerprint density at radius 2 is 2.26 bits per heavy atom. The molecule has 1 unspecified atom stereocenters. The molecular formula is C13H19NO4S. The zero-order valence-electron chi connectivity index (χ0n) is 11.3. The fourth-order valence-electron chi connectivity index (χ4n) is 2.47. The van der Waals surface area contributed by atoms with Crippen LogP contribution < -0.4 is 0 Å². The Morgan fingerprint density at radius 1 is 1.53 bits per heavy atom. The molecule has 0 N–H and O–H groups in total. The number of amides is 1. The van der Waals surface area contributed by atoms with E-state index < -0.39 is 9.84 Å². The first-order valence-corrected chi connectivity index (χ1v) is 8.32. The monoisotopic (exact) mass is 285 g/mol. The van der Waals surface area contributed by atoms with Gasteiger partial charge in [-0.1, -0.05) is 6.92 Å². The Labute approximate surface area is 113 Å². The lowest BCUT2D eigenvalue weighted by molar-refractivity contribution is 0.0695. The number of aryl methyl sites for hydroxylation is 1. The maximum absolute atomic E-state index is 12.5. The van der Waals surface area contributed by atoms with Crippen LogP contribution in [0.1, 0.15) is 35.9 Å². The number of nitrogens with zero attached hydrogens (tertiary/aromatic N) is 1. The molecule has 0 aromatic carbocycles. The van der Waals surface area contributed by atoms with Gasteiger partial charge in [0, 0.05) is 12.6 Å². The van der Waals surface area contributed by atoms with Crippen LogP contribution in [0.5, 0.6) is 0 Å². The van der Waals surface area contributed by atoms with E-state index >= 15 is 0 Å². The summed E-state index contributed by atoms with van der Waals surface area (Å²) in [5.41, 5.74) is 0.526. The van der Waals surface area contributed by atoms with E-state index in [9.17, 15) is 13.2 Å². The first-order valence-electron chi connectivity index (χ1n) is 6.50. The highest BCUT2D eigenvalue weighted by Gasteiger charge is 2.35. The third-order valence-corrected chi connectivity index (χ3v) is 5.21. The van der Waals surface area contributed by atoms with Gasteiger partial charge >= 0.3 is 0 Å². The lowest BCUT2D eigenvalue weighted by Gasteiger charge is -2.27. The van der Waals surface area contributed by atoms with Crippen molar-refractivity contribution in [2.45, 2.75) is 32.7 Å². The van der Waals surface area contributed by atoms with Crippen molar-refractivity contribution in [3.63, 3.8) is 0 Å². The molecule has 1 aromatic heterocycles. The topological polar surface area (TPSA) is 67.6 Å². The van der Waals surface area contributed by atoms with Crippen molar-refractivity contribution in [3.05, 3.63) is 23.7 Å². The average Bonchev–Trinajstić information content (AvgIpc) is 2.91. The van der Waals surface area contributed by atoms with Gasteiger partial charge in [0.2, 0.25) is 0 Å². The first-order chi connectivity index (χ1) is 8.94. The molecule has 2 heterocycles. The zero-order valence-corrected chi connectivity index (χ0v) is 12.1. The van der Waals surface area contributed by atoms with Crippen molar-refractivity contribution in [3.8, 4) is 0 Å². The van der Waals surface area contributed by atoms with Crippen molar-refractivity contribution < 1.29 is 17.6 Å². The van der Waals surface area contributed by atoms with Crippen LogP contribution in [0.2, 0.25) is 0 Å². The van der Waals surface area contributed by atoms with Crippen molar-refractivity contribution in [1.29, 1.82) is 0 Å². The van der Waals surface area contributed by atoms with E-state index in [1.54, 1.807) is 17.9 Å². The molecule has 1 amide bonds. The summed E-state index contributed by atoms with van der Waals surface area (Å²) in [4.78, 5) is 14.2. The molecule has 1 aliphatic heterocycles. The van der Waals surface area contributed by atoms with Crippen LogP contribution in [0.3, 0.4) is 0 Å². The molecule has 1 aliphatic rings. The summed E-state index contributed by atoms with van der Waals surface area (Å²) in [6.07, 6.45) is 2.82. The highest BCUT2D eigenvalue weighted by Crippen LogP contribution is 2.21. The molecule has 1 fully saturated rings. The van der Waals surface area contributed by atoms with Gasteiger partial charge in [0.15, 0.2) is 9.84 Å². The molecule has 6 heteroatoms. The van der Waals surface area contributed by atoms with Crippen molar-refractivity contribution in [2.75, 3.05) is 18.1 Å². The molecule has 1 aromatic rings. The van der Waals surface area contributed by atoms with E-state index in [1.165, 1.54) is 6.26 Å². The fourth-order valence-corrected chi connectivity index (χ4v) is 4.20. The Bertz CT molecular complexity index is 561. The van der Waals surface area contributed by atoms with E-state index in [2.05, 4.69) is 0 Å². The predicted octanol–water partition coefficient (Wildman–Crippen LogP) is 1.63. The SMILES string of the molecule is CCCN(C(=O)c1ccoc1C)C1CCS(=O)(=O)C1. The highest BCUT2D eigenvalue weighted by atomic mass is 32.2. The highest BCUT2D eigenvalue weighted by molar-refractivity contribution is 7.91. The summed E-state index contributed by atoms with van der Waals surface area (Å²) in [5.74, 6) is 0.702. The van der Waals surface area contributed by atoms with Crippen LogP contribution in [-0.4, -0.2) is 43.3 Å². The molecular weight excluding hydrogens is 266 g/mol. The minimum absolute atomic E-state index is 0.0790. The van der Waals surface area contributed by atoms with Gasteiger partial charge in [-0.15, -0.1) is 0 Å². The number of rotatable bonds is 4. The van der Waals surface area contributed by atoms with Crippen LogP contribution in [0.15, 0.2) is 16.7 Å². The summed E-state index contributed by atoms with van der Waals surface area (Å²) in [7, 11) is -2.99. The zero-order chi connectivity index (χ0) is 14.0. The Balaban J connectivity index is 2.21. The number of carbonyl (C=O) groups is 1. The molecule has 5 nitrogen and oxygen atoms in total. The number of hydrogen-bond acceptors (Lipinski definition) is 4. The van der Waals surface area contributed by atoms with Crippen LogP contribution in [-0.2, 0) is 9.84 Å². The third kappa shape index (κ3) is 3.00. The van der Waals surface area contributed by atoms with Crippen molar-refractivity contribution in [1.82, 2.24) is 4.90 Å². The minimum Gasteiger partial charge on any atom is -0.469 e. The summed E-state index contributed by atoms with van der Waals surface area (Å²) < 4.78 is 28.3. The number of sulfone groups is 1. The maximum Gasteiger partial charge on any atom is 0.257 e. The number of furan rings is 1. The van der Waals surface area contributed by atoms with Gasteiger partial charge in [0.05, 0.1) is 23.3 Å². The van der Waals surface area contributed by atoms with Gasteiger partial charge in [-0.25, -0.2) is 8.42 Å². The lowest BCUT2D eigenvalue weighted by Crippen LogP contribution is -2.41. The third-order valence-electron chi connectivity index (χ3n) is 3.46. The van der Waals surface area contributed by atoms with E-state index in [0.717, 1.165) is 6.42 Å². The van der Waals surface area contributed by atoms with Gasteiger partial charge in [0.1, 0.15) is 5.76 Å². The van der Waals surface area contributed by atoms with Crippen LogP contribution in [0.25, 0.3) is 0 Å². The molecule has 19 heavy (non-hydrogen) atoms. The minimum atomic E-state index is -2.99. The largest absolute Gasteiger partial charge is 0.469 e. The second-order valence-electron chi connectivity index (χ2n) is 4.95. The summed E-state index contributed by atoms with van der Waals surface area (Å²) >= 11 is 0. The lowest BCUT2D eigenvalue weighted by atomic mass is 10.1. The fraction of sp³-hybridized carbons (Fsp3) is 0.615. The van der Waals surface area contributed by atoms with Crippen molar-refractivity contribution >= 4 is 15.7 Å². The van der Waals surface area contributed by atoms with Crippen LogP contribution >= 0.6 is 0 Å². The second-order valence-corrected chi connectivity index (χ2v) is 7.17. The van der Waals surface area contributed by atoms with Crippen LogP contribution in [0.4, 0.5) is 0 Å². The summed E-state index contributed by atoms with van der Waals surface area (Å²) in [6, 6.07) is 1.44. The average molecular weight is 285 g/mol. The van der Waals surface area contributed by atoms with Gasteiger partial charge in [0.25, 0.3) is 5.91 Å². The molecule has 0 aliphatic carbocycles. The Hall–Kier alpha value is -1.30. The molecule has 106 valence electrons. The van der Waals surface area contributed by atoms with Gasteiger partial charge in [-0.3, -0.25) is 4.79 Å². The smallest absolute Gasteiger partial charge is 0.257 e. The first kappa shape index (κ1) is 14.1. The van der Waals surface area contributed by atoms with Gasteiger partial charge < -0.3 is 9.32 Å². The van der Waals surface area contributed by atoms with Gasteiger partial charge in [-0.05, 0) is 25.8 Å². The molecule has 0 bridgehead atoms. The second kappa shape index (κ2) is 5.36. The molecule has 0 saturated carbocycles. The van der Waals surface area contributed by atoms with E-state index in [1.807, 2.05) is 6.92 Å². The standard InChI is InChI=1S/C13H19NO4S/c1-3-6-14(11-5-8-19(16,17)9-11)13(15)12-4-7-18-10(12)2/h4,7,11H,3,5-6,8-9H2,1-2H3. The Morgan fingerprint density at radius 3 is 2.74 bits per heavy atom. The van der Waals surface area contributed by atoms with E-state index in [4.69, 9.17) is 4.42 Å². The summed E-state index contributed by atoms with van der Waals surface area (Å²) in [5, 5.41) is 0. The van der Waals surface area contributed by atoms with Gasteiger partial charge in [-0.2, -0.15) is 0 Å². The number of hydrogen-bond donors (Lipinski definition) is 0. The molecule has 1 saturated heterocycles. The molecule has 1 atom stereocenters. The van der Waals surface area contributed by atoms with Crippen molar-refractivity contribution in [2.24, 2.45) is 0 Å². The van der Waals surface area contributed by atoms with E-state index in [-0.39, 0.29) is 23.5 Å². The quantitative estimate of drug-likeness (QED) is 0.843. The molecule has 2 rings (SSSR count). The molecule has 0 radical (unpaired) electrons. The Kier molecular flexibility index (Phi) is 3.99. The normalized spacial score (nSPS) is 21.5. The maximum atomic E-state index is 12.5. The summed E-state index contributed by atoms with van der Waals surface area (Å²) in [6.45, 7) is 4.29. The van der Waals surface area contributed by atoms with E-state index in [0.29, 0.717) is 24.3 Å². The van der Waals surface area contributed by atoms with Crippen LogP contribution in [0, 0.1) is 6.92 Å². The molecule has 0 spiro atoms. The predicted molar refractivity (Wildman–Crippen MR) is 71.8 cm³/mol. The number of carbonyl (C=O) groups excluding carboxylic acids is 1.